The van der Waals surface area contributed by atoms with Crippen molar-refractivity contribution < 1.29 is 9.59 Å². The number of aromatic amines is 1. The summed E-state index contributed by atoms with van der Waals surface area (Å²) in [6.45, 7) is 4.53. The third-order valence-electron chi connectivity index (χ3n) is 3.77. The minimum atomic E-state index is -0.321. The second-order valence-corrected chi connectivity index (χ2v) is 5.87. The van der Waals surface area contributed by atoms with Crippen LogP contribution in [0.15, 0.2) is 18.3 Å². The molecule has 0 saturated carbocycles. The van der Waals surface area contributed by atoms with E-state index in [0.29, 0.717) is 25.8 Å². The monoisotopic (exact) mass is 262 g/mol. The minimum Gasteiger partial charge on any atom is -0.365 e. The Bertz CT molecular complexity index is 449. The highest BCUT2D eigenvalue weighted by atomic mass is 16.2. The normalized spacial score (nSPS) is 18.6. The summed E-state index contributed by atoms with van der Waals surface area (Å²) in [6, 6.07) is 4.00. The fourth-order valence-electron chi connectivity index (χ4n) is 2.76. The van der Waals surface area contributed by atoms with Gasteiger partial charge in [0.15, 0.2) is 0 Å². The van der Waals surface area contributed by atoms with E-state index in [9.17, 15) is 9.59 Å². The fourth-order valence-corrected chi connectivity index (χ4v) is 2.76. The van der Waals surface area contributed by atoms with E-state index in [1.54, 1.807) is 0 Å². The van der Waals surface area contributed by atoms with E-state index in [-0.39, 0.29) is 17.2 Å². The second kappa shape index (κ2) is 5.59. The van der Waals surface area contributed by atoms with Gasteiger partial charge >= 0.3 is 0 Å². The molecule has 1 aromatic rings. The first kappa shape index (κ1) is 13.8. The summed E-state index contributed by atoms with van der Waals surface area (Å²) >= 11 is 0. The van der Waals surface area contributed by atoms with Crippen molar-refractivity contribution in [2.24, 2.45) is 0 Å². The Morgan fingerprint density at radius 3 is 2.89 bits per heavy atom. The number of aryl methyl sites for hydroxylation is 1. The molecule has 0 aromatic carbocycles. The number of H-pyrrole nitrogens is 1. The number of nitrogens with zero attached hydrogens (tertiary/aromatic N) is 1. The number of carbonyl (C=O) groups is 2. The number of ketones is 1. The zero-order valence-corrected chi connectivity index (χ0v) is 11.7. The molecule has 0 radical (unpaired) electrons. The first-order chi connectivity index (χ1) is 8.99. The summed E-state index contributed by atoms with van der Waals surface area (Å²) < 4.78 is 0. The summed E-state index contributed by atoms with van der Waals surface area (Å²) in [6.07, 6.45) is 5.18. The topological polar surface area (TPSA) is 53.2 Å². The number of amides is 1. The van der Waals surface area contributed by atoms with Crippen molar-refractivity contribution in [1.29, 1.82) is 0 Å². The van der Waals surface area contributed by atoms with E-state index >= 15 is 0 Å². The number of piperidine rings is 1. The van der Waals surface area contributed by atoms with Crippen LogP contribution >= 0.6 is 0 Å². The molecule has 2 heterocycles. The summed E-state index contributed by atoms with van der Waals surface area (Å²) in [4.78, 5) is 28.7. The molecule has 1 aliphatic rings. The van der Waals surface area contributed by atoms with Crippen molar-refractivity contribution in [3.05, 3.63) is 24.0 Å². The third kappa shape index (κ3) is 3.46. The van der Waals surface area contributed by atoms with Crippen molar-refractivity contribution in [1.82, 2.24) is 9.88 Å². The van der Waals surface area contributed by atoms with Crippen LogP contribution in [-0.4, -0.2) is 33.7 Å². The van der Waals surface area contributed by atoms with E-state index < -0.39 is 0 Å². The van der Waals surface area contributed by atoms with E-state index in [2.05, 4.69) is 4.98 Å². The van der Waals surface area contributed by atoms with Gasteiger partial charge in [-0.1, -0.05) is 0 Å². The zero-order chi connectivity index (χ0) is 13.9. The molecular weight excluding hydrogens is 240 g/mol. The molecule has 0 spiro atoms. The molecule has 1 aliphatic heterocycles. The Hall–Kier alpha value is -1.58. The molecule has 1 saturated heterocycles. The Labute approximate surface area is 114 Å². The van der Waals surface area contributed by atoms with Crippen molar-refractivity contribution in [2.45, 2.75) is 51.5 Å². The number of likely N-dealkylation sites (tertiary alicyclic amines) is 1. The SMILES string of the molecule is CC1(C)CC(=O)CCN1C(=O)CCCc1ccc[nH]1. The Morgan fingerprint density at radius 1 is 1.47 bits per heavy atom. The zero-order valence-electron chi connectivity index (χ0n) is 11.7. The van der Waals surface area contributed by atoms with Crippen LogP contribution in [0.3, 0.4) is 0 Å². The predicted molar refractivity (Wildman–Crippen MR) is 73.8 cm³/mol. The first-order valence-electron chi connectivity index (χ1n) is 6.93. The van der Waals surface area contributed by atoms with Gasteiger partial charge in [0.25, 0.3) is 0 Å². The molecule has 0 bridgehead atoms. The average Bonchev–Trinajstić information content (AvgIpc) is 2.80. The number of carbonyl (C=O) groups excluding carboxylic acids is 2. The number of rotatable bonds is 4. The van der Waals surface area contributed by atoms with Gasteiger partial charge in [-0.15, -0.1) is 0 Å². The molecule has 1 fully saturated rings. The van der Waals surface area contributed by atoms with Gasteiger partial charge in [-0.25, -0.2) is 0 Å². The quantitative estimate of drug-likeness (QED) is 0.905. The van der Waals surface area contributed by atoms with Gasteiger partial charge in [0, 0.05) is 43.2 Å². The smallest absolute Gasteiger partial charge is 0.223 e. The number of hydrogen-bond acceptors (Lipinski definition) is 2. The van der Waals surface area contributed by atoms with Crippen molar-refractivity contribution in [2.75, 3.05) is 6.54 Å². The molecule has 0 unspecified atom stereocenters. The Kier molecular flexibility index (Phi) is 4.08. The number of Topliss-reactive ketones (excluding diaryl/α,β-unsaturated/α-hetero) is 1. The standard InChI is InChI=1S/C15H22N2O2/c1-15(2)11-13(18)8-10-17(15)14(19)7-3-5-12-6-4-9-16-12/h4,6,9,16H,3,5,7-8,10-11H2,1-2H3. The largest absolute Gasteiger partial charge is 0.365 e. The molecule has 1 aromatic heterocycles. The molecule has 0 aliphatic carbocycles. The van der Waals surface area contributed by atoms with Crippen LogP contribution in [0, 0.1) is 0 Å². The Morgan fingerprint density at radius 2 is 2.26 bits per heavy atom. The van der Waals surface area contributed by atoms with E-state index in [4.69, 9.17) is 0 Å². The lowest BCUT2D eigenvalue weighted by Gasteiger charge is -2.41. The van der Waals surface area contributed by atoms with Crippen LogP contribution in [0.25, 0.3) is 0 Å². The minimum absolute atomic E-state index is 0.170. The maximum atomic E-state index is 12.3. The second-order valence-electron chi connectivity index (χ2n) is 5.87. The Balaban J connectivity index is 1.84. The molecule has 104 valence electrons. The summed E-state index contributed by atoms with van der Waals surface area (Å²) in [7, 11) is 0. The van der Waals surface area contributed by atoms with Gasteiger partial charge in [0.1, 0.15) is 5.78 Å². The molecule has 4 heteroatoms. The lowest BCUT2D eigenvalue weighted by molar-refractivity contribution is -0.142. The van der Waals surface area contributed by atoms with E-state index in [0.717, 1.165) is 12.8 Å². The summed E-state index contributed by atoms with van der Waals surface area (Å²) in [5, 5.41) is 0. The molecule has 0 atom stereocenters. The fraction of sp³-hybridized carbons (Fsp3) is 0.600. The average molecular weight is 262 g/mol. The molecule has 4 nitrogen and oxygen atoms in total. The van der Waals surface area contributed by atoms with E-state index in [1.807, 2.05) is 37.1 Å². The van der Waals surface area contributed by atoms with Crippen LogP contribution in [-0.2, 0) is 16.0 Å². The van der Waals surface area contributed by atoms with Crippen molar-refractivity contribution >= 4 is 11.7 Å². The van der Waals surface area contributed by atoms with Gasteiger partial charge in [-0.05, 0) is 38.8 Å². The highest BCUT2D eigenvalue weighted by molar-refractivity contribution is 5.85. The molecule has 1 N–H and O–H groups in total. The van der Waals surface area contributed by atoms with Gasteiger partial charge in [0.2, 0.25) is 5.91 Å². The maximum absolute atomic E-state index is 12.3. The highest BCUT2D eigenvalue weighted by Crippen LogP contribution is 2.26. The van der Waals surface area contributed by atoms with Gasteiger partial charge in [-0.2, -0.15) is 0 Å². The predicted octanol–water partition coefficient (Wildman–Crippen LogP) is 2.31. The molecular formula is C15H22N2O2. The molecule has 2 rings (SSSR count). The van der Waals surface area contributed by atoms with Crippen LogP contribution < -0.4 is 0 Å². The van der Waals surface area contributed by atoms with Crippen LogP contribution in [0.4, 0.5) is 0 Å². The third-order valence-corrected chi connectivity index (χ3v) is 3.77. The van der Waals surface area contributed by atoms with E-state index in [1.165, 1.54) is 5.69 Å². The van der Waals surface area contributed by atoms with Crippen molar-refractivity contribution in [3.8, 4) is 0 Å². The molecule has 1 amide bonds. The van der Waals surface area contributed by atoms with Gasteiger partial charge in [-0.3, -0.25) is 9.59 Å². The van der Waals surface area contributed by atoms with Gasteiger partial charge in [0.05, 0.1) is 0 Å². The number of nitrogens with one attached hydrogen (secondary N) is 1. The maximum Gasteiger partial charge on any atom is 0.223 e. The number of aromatic nitrogens is 1. The van der Waals surface area contributed by atoms with Crippen molar-refractivity contribution in [3.63, 3.8) is 0 Å². The van der Waals surface area contributed by atoms with Crippen LogP contribution in [0.2, 0.25) is 0 Å². The van der Waals surface area contributed by atoms with Crippen LogP contribution in [0.1, 0.15) is 45.2 Å². The van der Waals surface area contributed by atoms with Crippen LogP contribution in [0.5, 0.6) is 0 Å². The highest BCUT2D eigenvalue weighted by Gasteiger charge is 2.36. The first-order valence-corrected chi connectivity index (χ1v) is 6.93. The number of hydrogen-bond donors (Lipinski definition) is 1. The van der Waals surface area contributed by atoms with Gasteiger partial charge < -0.3 is 9.88 Å². The summed E-state index contributed by atoms with van der Waals surface area (Å²) in [5.74, 6) is 0.435. The lowest BCUT2D eigenvalue weighted by Crippen LogP contribution is -2.53. The molecule has 19 heavy (non-hydrogen) atoms. The lowest BCUT2D eigenvalue weighted by atomic mass is 9.89. The summed E-state index contributed by atoms with van der Waals surface area (Å²) in [5.41, 5.74) is 0.847.